The monoisotopic (exact) mass is 404 g/mol. The molecule has 0 unspecified atom stereocenters. The molecule has 0 fully saturated rings. The van der Waals surface area contributed by atoms with Gasteiger partial charge in [0.2, 0.25) is 10.0 Å². The quantitative estimate of drug-likeness (QED) is 0.755. The normalized spacial score (nSPS) is 11.9. The van der Waals surface area contributed by atoms with Crippen LogP contribution < -0.4 is 10.1 Å². The van der Waals surface area contributed by atoms with Crippen molar-refractivity contribution in [1.29, 1.82) is 0 Å². The van der Waals surface area contributed by atoms with Crippen LogP contribution in [0.1, 0.15) is 43.6 Å². The van der Waals surface area contributed by atoms with Crippen molar-refractivity contribution in [2.45, 2.75) is 51.7 Å². The lowest BCUT2D eigenvalue weighted by Crippen LogP contribution is -2.33. The highest BCUT2D eigenvalue weighted by molar-refractivity contribution is 7.89. The Hall–Kier alpha value is -2.38. The lowest BCUT2D eigenvalue weighted by Gasteiger charge is -2.21. The van der Waals surface area contributed by atoms with Gasteiger partial charge in [-0.25, -0.2) is 8.42 Å². The summed E-state index contributed by atoms with van der Waals surface area (Å²) in [5.41, 5.74) is 1.94. The standard InChI is InChI=1S/C21H28N2O4S/c1-14(2)23(6)28(25,26)19-10-7-17(8-11-19)21(24)22-20-12-9-18(13-16(20)5)27-15(3)4/h7-15H,1-6H3,(H,22,24). The molecule has 0 atom stereocenters. The zero-order valence-electron chi connectivity index (χ0n) is 17.2. The second-order valence-electron chi connectivity index (χ2n) is 7.24. The number of anilines is 1. The molecule has 0 saturated heterocycles. The maximum Gasteiger partial charge on any atom is 0.255 e. The minimum Gasteiger partial charge on any atom is -0.491 e. The molecule has 152 valence electrons. The van der Waals surface area contributed by atoms with Crippen LogP contribution in [0.3, 0.4) is 0 Å². The van der Waals surface area contributed by atoms with Gasteiger partial charge in [-0.2, -0.15) is 4.31 Å². The summed E-state index contributed by atoms with van der Waals surface area (Å²) in [4.78, 5) is 12.7. The molecular formula is C21H28N2O4S. The van der Waals surface area contributed by atoms with E-state index in [1.54, 1.807) is 26.0 Å². The lowest BCUT2D eigenvalue weighted by atomic mass is 10.1. The van der Waals surface area contributed by atoms with Crippen molar-refractivity contribution < 1.29 is 17.9 Å². The van der Waals surface area contributed by atoms with Gasteiger partial charge in [0.05, 0.1) is 11.0 Å². The molecule has 28 heavy (non-hydrogen) atoms. The minimum atomic E-state index is -3.57. The fourth-order valence-electron chi connectivity index (χ4n) is 2.54. The summed E-state index contributed by atoms with van der Waals surface area (Å²) < 4.78 is 32.0. The summed E-state index contributed by atoms with van der Waals surface area (Å²) in [6, 6.07) is 11.3. The number of rotatable bonds is 7. The molecule has 0 aliphatic carbocycles. The number of nitrogens with one attached hydrogen (secondary N) is 1. The number of hydrogen-bond acceptors (Lipinski definition) is 4. The van der Waals surface area contributed by atoms with Crippen LogP contribution in [0.2, 0.25) is 0 Å². The molecule has 1 N–H and O–H groups in total. The average Bonchev–Trinajstić information content (AvgIpc) is 2.62. The number of nitrogens with zero attached hydrogens (tertiary/aromatic N) is 1. The molecule has 0 spiro atoms. The Kier molecular flexibility index (Phi) is 6.85. The van der Waals surface area contributed by atoms with E-state index in [1.807, 2.05) is 26.8 Å². The third-order valence-electron chi connectivity index (χ3n) is 4.34. The van der Waals surface area contributed by atoms with Crippen LogP contribution in [-0.2, 0) is 10.0 Å². The van der Waals surface area contributed by atoms with Crippen LogP contribution in [0, 0.1) is 6.92 Å². The van der Waals surface area contributed by atoms with Crippen LogP contribution >= 0.6 is 0 Å². The molecule has 0 bridgehead atoms. The topological polar surface area (TPSA) is 75.7 Å². The van der Waals surface area contributed by atoms with Gasteiger partial charge in [0.15, 0.2) is 0 Å². The largest absolute Gasteiger partial charge is 0.491 e. The SMILES string of the molecule is Cc1cc(OC(C)C)ccc1NC(=O)c1ccc(S(=O)(=O)N(C)C(C)C)cc1. The Morgan fingerprint density at radius 1 is 1.04 bits per heavy atom. The molecule has 0 aliphatic heterocycles. The minimum absolute atomic E-state index is 0.0735. The third kappa shape index (κ3) is 5.11. The Bertz CT molecular complexity index is 935. The van der Waals surface area contributed by atoms with E-state index in [0.29, 0.717) is 11.3 Å². The van der Waals surface area contributed by atoms with Gasteiger partial charge in [-0.1, -0.05) is 0 Å². The van der Waals surface area contributed by atoms with Gasteiger partial charge in [0.25, 0.3) is 5.91 Å². The van der Waals surface area contributed by atoms with Crippen molar-refractivity contribution in [1.82, 2.24) is 4.31 Å². The number of sulfonamides is 1. The zero-order chi connectivity index (χ0) is 21.1. The number of hydrogen-bond donors (Lipinski definition) is 1. The zero-order valence-corrected chi connectivity index (χ0v) is 18.0. The van der Waals surface area contributed by atoms with Crippen LogP contribution in [0.4, 0.5) is 5.69 Å². The highest BCUT2D eigenvalue weighted by Gasteiger charge is 2.23. The second-order valence-corrected chi connectivity index (χ2v) is 9.23. The molecule has 2 aromatic carbocycles. The number of amides is 1. The van der Waals surface area contributed by atoms with Crippen LogP contribution in [0.25, 0.3) is 0 Å². The summed E-state index contributed by atoms with van der Waals surface area (Å²) in [7, 11) is -2.04. The van der Waals surface area contributed by atoms with Crippen molar-refractivity contribution >= 4 is 21.6 Å². The first-order valence-electron chi connectivity index (χ1n) is 9.19. The predicted octanol–water partition coefficient (Wildman–Crippen LogP) is 4.06. The van der Waals surface area contributed by atoms with E-state index in [-0.39, 0.29) is 22.9 Å². The summed E-state index contributed by atoms with van der Waals surface area (Å²) in [6.45, 7) is 9.40. The van der Waals surface area contributed by atoms with Gasteiger partial charge < -0.3 is 10.1 Å². The molecule has 2 rings (SSSR count). The van der Waals surface area contributed by atoms with Crippen LogP contribution in [0.5, 0.6) is 5.75 Å². The molecule has 6 nitrogen and oxygen atoms in total. The Balaban J connectivity index is 2.16. The molecule has 2 aromatic rings. The summed E-state index contributed by atoms with van der Waals surface area (Å²) in [5.74, 6) is 0.441. The summed E-state index contributed by atoms with van der Waals surface area (Å²) in [5, 5.41) is 2.85. The Morgan fingerprint density at radius 2 is 1.64 bits per heavy atom. The molecule has 0 aromatic heterocycles. The van der Waals surface area contributed by atoms with Crippen molar-refractivity contribution in [2.75, 3.05) is 12.4 Å². The lowest BCUT2D eigenvalue weighted by molar-refractivity contribution is 0.102. The molecule has 0 heterocycles. The van der Waals surface area contributed by atoms with E-state index in [1.165, 1.54) is 35.6 Å². The van der Waals surface area contributed by atoms with Gasteiger partial charge in [0.1, 0.15) is 5.75 Å². The second kappa shape index (κ2) is 8.75. The molecule has 1 amide bonds. The maximum absolute atomic E-state index is 12.5. The fourth-order valence-corrected chi connectivity index (χ4v) is 3.91. The van der Waals surface area contributed by atoms with Crippen molar-refractivity contribution in [3.63, 3.8) is 0 Å². The Morgan fingerprint density at radius 3 is 2.14 bits per heavy atom. The fraction of sp³-hybridized carbons (Fsp3) is 0.381. The van der Waals surface area contributed by atoms with Crippen molar-refractivity contribution in [3.05, 3.63) is 53.6 Å². The third-order valence-corrected chi connectivity index (χ3v) is 6.39. The van der Waals surface area contributed by atoms with Crippen molar-refractivity contribution in [3.8, 4) is 5.75 Å². The van der Waals surface area contributed by atoms with E-state index in [9.17, 15) is 13.2 Å². The van der Waals surface area contributed by atoms with E-state index in [2.05, 4.69) is 5.32 Å². The van der Waals surface area contributed by atoms with Gasteiger partial charge in [-0.05, 0) is 82.6 Å². The van der Waals surface area contributed by atoms with Gasteiger partial charge in [-0.15, -0.1) is 0 Å². The molecule has 0 saturated carbocycles. The predicted molar refractivity (Wildman–Crippen MR) is 111 cm³/mol. The number of carbonyl (C=O) groups excluding carboxylic acids is 1. The number of benzene rings is 2. The first kappa shape index (κ1) is 21.9. The Labute approximate surface area is 167 Å². The van der Waals surface area contributed by atoms with Gasteiger partial charge in [0, 0.05) is 24.3 Å². The highest BCUT2D eigenvalue weighted by atomic mass is 32.2. The first-order chi connectivity index (χ1) is 13.0. The van der Waals surface area contributed by atoms with Crippen LogP contribution in [0.15, 0.2) is 47.4 Å². The highest BCUT2D eigenvalue weighted by Crippen LogP contribution is 2.23. The van der Waals surface area contributed by atoms with Gasteiger partial charge in [-0.3, -0.25) is 4.79 Å². The van der Waals surface area contributed by atoms with E-state index < -0.39 is 10.0 Å². The van der Waals surface area contributed by atoms with Gasteiger partial charge >= 0.3 is 0 Å². The molecule has 7 heteroatoms. The molecular weight excluding hydrogens is 376 g/mol. The maximum atomic E-state index is 12.5. The summed E-state index contributed by atoms with van der Waals surface area (Å²) >= 11 is 0. The number of aryl methyl sites for hydroxylation is 1. The first-order valence-corrected chi connectivity index (χ1v) is 10.6. The van der Waals surface area contributed by atoms with Crippen molar-refractivity contribution in [2.24, 2.45) is 0 Å². The molecule has 0 radical (unpaired) electrons. The average molecular weight is 405 g/mol. The molecule has 0 aliphatic rings. The van der Waals surface area contributed by atoms with E-state index >= 15 is 0 Å². The number of carbonyl (C=O) groups is 1. The summed E-state index contributed by atoms with van der Waals surface area (Å²) in [6.07, 6.45) is 0.0735. The smallest absolute Gasteiger partial charge is 0.255 e. The van der Waals surface area contributed by atoms with E-state index in [0.717, 1.165) is 11.3 Å². The van der Waals surface area contributed by atoms with E-state index in [4.69, 9.17) is 4.74 Å². The van der Waals surface area contributed by atoms with Crippen LogP contribution in [-0.4, -0.2) is 37.8 Å². The number of ether oxygens (including phenoxy) is 1.